The van der Waals surface area contributed by atoms with Crippen molar-refractivity contribution in [1.82, 2.24) is 29.7 Å². The molecule has 4 aromatic carbocycles. The fourth-order valence-corrected chi connectivity index (χ4v) is 7.71. The maximum atomic E-state index is 13.2. The highest BCUT2D eigenvalue weighted by molar-refractivity contribution is 6.23. The molecule has 1 unspecified atom stereocenters. The van der Waals surface area contributed by atoms with Gasteiger partial charge in [0.25, 0.3) is 0 Å². The predicted molar refractivity (Wildman–Crippen MR) is 223 cm³/mol. The summed E-state index contributed by atoms with van der Waals surface area (Å²) in [6, 6.07) is 43.0. The molecule has 0 aliphatic heterocycles. The first-order valence-corrected chi connectivity index (χ1v) is 19.3. The maximum absolute atomic E-state index is 13.2. The third-order valence-electron chi connectivity index (χ3n) is 10.2. The molecule has 0 aliphatic carbocycles. The minimum atomic E-state index is -0.678. The van der Waals surface area contributed by atoms with E-state index in [0.717, 1.165) is 35.6 Å². The molecule has 4 aromatic heterocycles. The summed E-state index contributed by atoms with van der Waals surface area (Å²) >= 11 is 0. The summed E-state index contributed by atoms with van der Waals surface area (Å²) < 4.78 is 0. The molecule has 9 heteroatoms. The second kappa shape index (κ2) is 17.6. The van der Waals surface area contributed by atoms with E-state index in [9.17, 15) is 9.90 Å². The molecule has 56 heavy (non-hydrogen) atoms. The molecule has 0 spiro atoms. The number of aliphatic hydroxyl groups is 1. The molecule has 0 fully saturated rings. The lowest BCUT2D eigenvalue weighted by atomic mass is 9.90. The van der Waals surface area contributed by atoms with E-state index >= 15 is 0 Å². The van der Waals surface area contributed by atoms with Gasteiger partial charge in [0.2, 0.25) is 5.91 Å². The van der Waals surface area contributed by atoms with Gasteiger partial charge in [-0.25, -0.2) is 4.98 Å². The fraction of sp³-hybridized carbons (Fsp3) is 0.213. The van der Waals surface area contributed by atoms with Crippen LogP contribution in [0.15, 0.2) is 146 Å². The summed E-state index contributed by atoms with van der Waals surface area (Å²) in [6.45, 7) is 2.96. The predicted octanol–water partition coefficient (Wildman–Crippen LogP) is 8.19. The number of aromatic nitrogens is 4. The summed E-state index contributed by atoms with van der Waals surface area (Å²) in [7, 11) is 0. The van der Waals surface area contributed by atoms with Crippen LogP contribution in [0.25, 0.3) is 32.3 Å². The number of hydrogen-bond acceptors (Lipinski definition) is 8. The topological polar surface area (TPSA) is 107 Å². The average molecular weight is 740 g/mol. The van der Waals surface area contributed by atoms with Crippen molar-refractivity contribution in [2.45, 2.75) is 51.5 Å². The van der Waals surface area contributed by atoms with Crippen LogP contribution in [0.5, 0.6) is 0 Å². The number of benzene rings is 4. The van der Waals surface area contributed by atoms with Gasteiger partial charge in [0.1, 0.15) is 5.82 Å². The zero-order valence-electron chi connectivity index (χ0n) is 31.3. The molecule has 0 bridgehead atoms. The zero-order chi connectivity index (χ0) is 38.1. The Kier molecular flexibility index (Phi) is 11.5. The number of nitrogens with one attached hydrogen (secondary N) is 1. The van der Waals surface area contributed by atoms with E-state index in [4.69, 9.17) is 4.98 Å². The molecule has 1 atom stereocenters. The number of carbonyl (C=O) groups excluding carboxylic acids is 1. The van der Waals surface area contributed by atoms with Gasteiger partial charge in [-0.1, -0.05) is 78.9 Å². The van der Waals surface area contributed by atoms with Crippen molar-refractivity contribution >= 4 is 44.0 Å². The first-order valence-electron chi connectivity index (χ1n) is 19.3. The van der Waals surface area contributed by atoms with Gasteiger partial charge >= 0.3 is 0 Å². The Balaban J connectivity index is 0.909. The summed E-state index contributed by atoms with van der Waals surface area (Å²) in [5, 5.41) is 22.2. The smallest absolute Gasteiger partial charge is 0.225 e. The van der Waals surface area contributed by atoms with E-state index in [0.29, 0.717) is 51.5 Å². The van der Waals surface area contributed by atoms with E-state index < -0.39 is 6.10 Å². The molecule has 9 nitrogen and oxygen atoms in total. The van der Waals surface area contributed by atoms with Crippen LogP contribution in [0.4, 0.5) is 5.82 Å². The molecule has 8 aromatic rings. The second-order valence-corrected chi connectivity index (χ2v) is 14.5. The van der Waals surface area contributed by atoms with Gasteiger partial charge in [0.15, 0.2) is 0 Å². The van der Waals surface area contributed by atoms with Gasteiger partial charge in [-0.15, -0.1) is 0 Å². The highest BCUT2D eigenvalue weighted by Gasteiger charge is 2.19. The van der Waals surface area contributed by atoms with Crippen molar-refractivity contribution in [2.75, 3.05) is 18.4 Å². The molecule has 0 aliphatic rings. The quantitative estimate of drug-likeness (QED) is 0.0901. The van der Waals surface area contributed by atoms with Crippen molar-refractivity contribution in [3.05, 3.63) is 174 Å². The van der Waals surface area contributed by atoms with Crippen LogP contribution >= 0.6 is 0 Å². The van der Waals surface area contributed by atoms with Gasteiger partial charge in [-0.3, -0.25) is 29.5 Å². The molecule has 280 valence electrons. The fourth-order valence-electron chi connectivity index (χ4n) is 7.71. The summed E-state index contributed by atoms with van der Waals surface area (Å²) in [5.41, 5.74) is 4.80. The Morgan fingerprint density at radius 1 is 0.571 bits per heavy atom. The third kappa shape index (κ3) is 9.21. The van der Waals surface area contributed by atoms with E-state index in [2.05, 4.69) is 84.7 Å². The minimum absolute atomic E-state index is 0.0611. The van der Waals surface area contributed by atoms with Crippen LogP contribution in [-0.4, -0.2) is 59.9 Å². The van der Waals surface area contributed by atoms with Crippen molar-refractivity contribution < 1.29 is 9.90 Å². The van der Waals surface area contributed by atoms with Crippen LogP contribution in [0, 0.1) is 0 Å². The van der Waals surface area contributed by atoms with Crippen LogP contribution in [0.2, 0.25) is 0 Å². The monoisotopic (exact) mass is 739 g/mol. The van der Waals surface area contributed by atoms with E-state index in [-0.39, 0.29) is 5.91 Å². The van der Waals surface area contributed by atoms with Gasteiger partial charge in [-0.05, 0) is 99.3 Å². The minimum Gasteiger partial charge on any atom is -0.390 e. The van der Waals surface area contributed by atoms with E-state index in [1.54, 1.807) is 18.6 Å². The number of rotatable bonds is 17. The van der Waals surface area contributed by atoms with Crippen LogP contribution < -0.4 is 5.32 Å². The van der Waals surface area contributed by atoms with Crippen LogP contribution in [0.1, 0.15) is 41.2 Å². The van der Waals surface area contributed by atoms with Gasteiger partial charge in [0.05, 0.1) is 28.9 Å². The molecule has 8 rings (SSSR count). The highest BCUT2D eigenvalue weighted by atomic mass is 16.3. The van der Waals surface area contributed by atoms with Gasteiger partial charge in [-0.2, -0.15) is 0 Å². The third-order valence-corrected chi connectivity index (χ3v) is 10.2. The summed E-state index contributed by atoms with van der Waals surface area (Å²) in [4.78, 5) is 36.0. The largest absolute Gasteiger partial charge is 0.390 e. The highest BCUT2D eigenvalue weighted by Crippen LogP contribution is 2.36. The first kappa shape index (κ1) is 36.8. The zero-order valence-corrected chi connectivity index (χ0v) is 31.3. The Morgan fingerprint density at radius 2 is 1.09 bits per heavy atom. The lowest BCUT2D eigenvalue weighted by molar-refractivity contribution is -0.116. The Morgan fingerprint density at radius 3 is 1.68 bits per heavy atom. The molecule has 0 saturated heterocycles. The normalized spacial score (nSPS) is 12.3. The molecule has 0 radical (unpaired) electrons. The number of hydrogen-bond donors (Lipinski definition) is 2. The Labute approximate surface area is 327 Å². The van der Waals surface area contributed by atoms with Gasteiger partial charge < -0.3 is 10.4 Å². The van der Waals surface area contributed by atoms with Crippen molar-refractivity contribution in [3.63, 3.8) is 0 Å². The molecule has 1 amide bonds. The molecule has 0 saturated carbocycles. The number of aryl methyl sites for hydroxylation is 1. The number of amides is 1. The average Bonchev–Trinajstić information content (AvgIpc) is 3.21. The Bertz CT molecular complexity index is 2440. The van der Waals surface area contributed by atoms with Crippen LogP contribution in [0.3, 0.4) is 0 Å². The van der Waals surface area contributed by atoms with E-state index in [1.807, 2.05) is 72.8 Å². The number of carbonyl (C=O) groups is 1. The molecular formula is C47H45N7O2. The Hall–Kier alpha value is -6.13. The lowest BCUT2D eigenvalue weighted by Gasteiger charge is -2.29. The number of anilines is 1. The molecular weight excluding hydrogens is 695 g/mol. The number of pyridine rings is 4. The van der Waals surface area contributed by atoms with Crippen LogP contribution in [-0.2, 0) is 37.4 Å². The summed E-state index contributed by atoms with van der Waals surface area (Å²) in [6.07, 6.45) is 6.60. The maximum Gasteiger partial charge on any atom is 0.225 e. The molecule has 4 heterocycles. The summed E-state index contributed by atoms with van der Waals surface area (Å²) in [5.74, 6) is 0.458. The number of nitrogens with zero attached hydrogens (tertiary/aromatic N) is 6. The second-order valence-electron chi connectivity index (χ2n) is 14.5. The van der Waals surface area contributed by atoms with Crippen molar-refractivity contribution in [3.8, 4) is 0 Å². The van der Waals surface area contributed by atoms with E-state index in [1.165, 1.54) is 37.9 Å². The van der Waals surface area contributed by atoms with Gasteiger partial charge in [0, 0.05) is 64.3 Å². The van der Waals surface area contributed by atoms with Crippen molar-refractivity contribution in [1.29, 1.82) is 0 Å². The SMILES string of the molecule is O=C(CCCc1ccc2ccc3cccc4ccc1c2c34)Nc1cccc(CN(Cc2ccccn2)CC(O)CN(Cc2ccccn2)Cc2ccccn2)n1. The first-order chi connectivity index (χ1) is 27.5. The number of aliphatic hydroxyl groups excluding tert-OH is 1. The standard InChI is InChI=1S/C47H45N7O2/c55-42(32-53(28-38-13-1-4-25-48-38)29-39-14-2-5-26-49-39)33-54(30-40-15-3-6-27-50-40)31-41-16-9-17-44(51-41)52-45(56)18-8-10-34-19-20-37-22-21-35-11-7-12-36-23-24-43(34)47(37)46(35)36/h1-7,9,11-17,19-27,42,55H,8,10,18,28-33H2,(H,51,52,56). The van der Waals surface area contributed by atoms with Crippen molar-refractivity contribution in [2.24, 2.45) is 0 Å². The molecule has 2 N–H and O–H groups in total. The lowest BCUT2D eigenvalue weighted by Crippen LogP contribution is -2.40.